The van der Waals surface area contributed by atoms with E-state index >= 15 is 0 Å². The SMILES string of the molecule is CCC1CCCCN1C(=O)CN1CCC(C(O)C(F)(F)F)CC1. The molecule has 2 saturated heterocycles. The average molecular weight is 336 g/mol. The zero-order valence-electron chi connectivity index (χ0n) is 13.7. The smallest absolute Gasteiger partial charge is 0.383 e. The first-order valence-corrected chi connectivity index (χ1v) is 8.59. The number of nitrogens with zero attached hydrogens (tertiary/aromatic N) is 2. The van der Waals surface area contributed by atoms with Gasteiger partial charge in [0.05, 0.1) is 6.54 Å². The van der Waals surface area contributed by atoms with E-state index in [1.54, 1.807) is 0 Å². The van der Waals surface area contributed by atoms with Crippen molar-refractivity contribution < 1.29 is 23.1 Å². The van der Waals surface area contributed by atoms with E-state index in [2.05, 4.69) is 6.92 Å². The zero-order valence-corrected chi connectivity index (χ0v) is 13.7. The Morgan fingerprint density at radius 2 is 1.83 bits per heavy atom. The van der Waals surface area contributed by atoms with E-state index in [4.69, 9.17) is 0 Å². The van der Waals surface area contributed by atoms with Gasteiger partial charge in [0, 0.05) is 12.6 Å². The van der Waals surface area contributed by atoms with E-state index in [9.17, 15) is 23.1 Å². The minimum Gasteiger partial charge on any atom is -0.383 e. The van der Waals surface area contributed by atoms with Crippen molar-refractivity contribution >= 4 is 5.91 Å². The van der Waals surface area contributed by atoms with Crippen LogP contribution in [0.2, 0.25) is 0 Å². The number of amides is 1. The van der Waals surface area contributed by atoms with Gasteiger partial charge in [0.1, 0.15) is 0 Å². The van der Waals surface area contributed by atoms with Gasteiger partial charge >= 0.3 is 6.18 Å². The number of carbonyl (C=O) groups is 1. The van der Waals surface area contributed by atoms with Gasteiger partial charge in [-0.15, -0.1) is 0 Å². The van der Waals surface area contributed by atoms with E-state index in [0.717, 1.165) is 32.2 Å². The second kappa shape index (κ2) is 7.83. The van der Waals surface area contributed by atoms with Gasteiger partial charge in [0.25, 0.3) is 0 Å². The first-order valence-electron chi connectivity index (χ1n) is 8.59. The number of likely N-dealkylation sites (tertiary alicyclic amines) is 2. The maximum atomic E-state index is 12.5. The second-order valence-corrected chi connectivity index (χ2v) is 6.75. The molecule has 0 bridgehead atoms. The summed E-state index contributed by atoms with van der Waals surface area (Å²) in [4.78, 5) is 16.3. The van der Waals surface area contributed by atoms with E-state index in [1.165, 1.54) is 0 Å². The van der Waals surface area contributed by atoms with Crippen molar-refractivity contribution in [1.29, 1.82) is 0 Å². The lowest BCUT2D eigenvalue weighted by Crippen LogP contribution is -2.50. The quantitative estimate of drug-likeness (QED) is 0.857. The van der Waals surface area contributed by atoms with Crippen molar-refractivity contribution in [2.75, 3.05) is 26.2 Å². The van der Waals surface area contributed by atoms with Crippen LogP contribution < -0.4 is 0 Å². The third kappa shape index (κ3) is 4.83. The minimum atomic E-state index is -4.55. The molecule has 2 unspecified atom stereocenters. The Morgan fingerprint density at radius 1 is 1.17 bits per heavy atom. The van der Waals surface area contributed by atoms with Crippen LogP contribution in [0.25, 0.3) is 0 Å². The first kappa shape index (κ1) is 18.5. The summed E-state index contributed by atoms with van der Waals surface area (Å²) in [5, 5.41) is 9.33. The predicted molar refractivity (Wildman–Crippen MR) is 80.9 cm³/mol. The maximum Gasteiger partial charge on any atom is 0.414 e. The van der Waals surface area contributed by atoms with Crippen LogP contribution in [-0.4, -0.2) is 65.3 Å². The summed E-state index contributed by atoms with van der Waals surface area (Å²) in [5.74, 6) is -0.661. The van der Waals surface area contributed by atoms with Crippen molar-refractivity contribution in [2.45, 2.75) is 63.8 Å². The molecule has 2 heterocycles. The Balaban J connectivity index is 1.80. The predicted octanol–water partition coefficient (Wildman–Crippen LogP) is 2.41. The number of piperidine rings is 2. The van der Waals surface area contributed by atoms with Crippen LogP contribution in [0.4, 0.5) is 13.2 Å². The van der Waals surface area contributed by atoms with Gasteiger partial charge in [-0.2, -0.15) is 13.2 Å². The molecule has 4 nitrogen and oxygen atoms in total. The zero-order chi connectivity index (χ0) is 17.0. The molecule has 0 aromatic rings. The molecule has 2 aliphatic rings. The molecule has 2 atom stereocenters. The molecule has 0 radical (unpaired) electrons. The minimum absolute atomic E-state index is 0.0892. The number of halogens is 3. The number of hydrogen-bond donors (Lipinski definition) is 1. The highest BCUT2D eigenvalue weighted by Crippen LogP contribution is 2.31. The molecule has 23 heavy (non-hydrogen) atoms. The molecule has 0 saturated carbocycles. The van der Waals surface area contributed by atoms with Gasteiger partial charge in [0.2, 0.25) is 5.91 Å². The molecular weight excluding hydrogens is 309 g/mol. The summed E-state index contributed by atoms with van der Waals surface area (Å²) in [6, 6.07) is 0.306. The lowest BCUT2D eigenvalue weighted by Gasteiger charge is -2.38. The summed E-state index contributed by atoms with van der Waals surface area (Å²) < 4.78 is 37.6. The topological polar surface area (TPSA) is 43.8 Å². The molecule has 7 heteroatoms. The normalized spacial score (nSPS) is 26.3. The van der Waals surface area contributed by atoms with Crippen molar-refractivity contribution in [3.8, 4) is 0 Å². The second-order valence-electron chi connectivity index (χ2n) is 6.75. The van der Waals surface area contributed by atoms with Crippen LogP contribution in [-0.2, 0) is 4.79 Å². The van der Waals surface area contributed by atoms with Crippen molar-refractivity contribution in [2.24, 2.45) is 5.92 Å². The van der Waals surface area contributed by atoms with Gasteiger partial charge in [-0.25, -0.2) is 0 Å². The summed E-state index contributed by atoms with van der Waals surface area (Å²) >= 11 is 0. The van der Waals surface area contributed by atoms with E-state index < -0.39 is 18.2 Å². The Hall–Kier alpha value is -0.820. The number of carbonyl (C=O) groups excluding carboxylic acids is 1. The number of rotatable bonds is 4. The lowest BCUT2D eigenvalue weighted by atomic mass is 9.91. The largest absolute Gasteiger partial charge is 0.414 e. The standard InChI is InChI=1S/C16H27F3N2O2/c1-2-13-5-3-4-8-21(13)14(22)11-20-9-6-12(7-10-20)15(23)16(17,18)19/h12-13,15,23H,2-11H2,1H3. The molecule has 134 valence electrons. The summed E-state index contributed by atoms with van der Waals surface area (Å²) in [7, 11) is 0. The van der Waals surface area contributed by atoms with Crippen LogP contribution in [0.5, 0.6) is 0 Å². The highest BCUT2D eigenvalue weighted by atomic mass is 19.4. The van der Waals surface area contributed by atoms with Crippen LogP contribution in [0.15, 0.2) is 0 Å². The summed E-state index contributed by atoms with van der Waals surface area (Å²) in [5.41, 5.74) is 0. The number of aliphatic hydroxyl groups excluding tert-OH is 1. The fourth-order valence-corrected chi connectivity index (χ4v) is 3.73. The molecule has 1 amide bonds. The third-order valence-corrected chi connectivity index (χ3v) is 5.19. The fourth-order valence-electron chi connectivity index (χ4n) is 3.73. The van der Waals surface area contributed by atoms with Gasteiger partial charge in [0.15, 0.2) is 6.10 Å². The Kier molecular flexibility index (Phi) is 6.31. The monoisotopic (exact) mass is 336 g/mol. The van der Waals surface area contributed by atoms with Crippen LogP contribution in [0.1, 0.15) is 45.4 Å². The van der Waals surface area contributed by atoms with E-state index in [1.807, 2.05) is 9.80 Å². The summed E-state index contributed by atoms with van der Waals surface area (Å²) in [6.07, 6.45) is -2.05. The average Bonchev–Trinajstić information content (AvgIpc) is 2.54. The maximum absolute atomic E-state index is 12.5. The molecule has 0 aromatic carbocycles. The Bertz CT molecular complexity index is 395. The molecule has 0 aliphatic carbocycles. The highest BCUT2D eigenvalue weighted by molar-refractivity contribution is 5.78. The number of hydrogen-bond acceptors (Lipinski definition) is 3. The number of alkyl halides is 3. The highest BCUT2D eigenvalue weighted by Gasteiger charge is 2.44. The van der Waals surface area contributed by atoms with E-state index in [0.29, 0.717) is 19.1 Å². The molecular formula is C16H27F3N2O2. The van der Waals surface area contributed by atoms with Gasteiger partial charge < -0.3 is 10.0 Å². The third-order valence-electron chi connectivity index (χ3n) is 5.19. The Labute approximate surface area is 135 Å². The van der Waals surface area contributed by atoms with Crippen LogP contribution in [0.3, 0.4) is 0 Å². The van der Waals surface area contributed by atoms with Gasteiger partial charge in [-0.3, -0.25) is 9.69 Å². The Morgan fingerprint density at radius 3 is 2.39 bits per heavy atom. The van der Waals surface area contributed by atoms with Crippen molar-refractivity contribution in [3.63, 3.8) is 0 Å². The van der Waals surface area contributed by atoms with Crippen molar-refractivity contribution in [1.82, 2.24) is 9.80 Å². The number of aliphatic hydroxyl groups is 1. The fraction of sp³-hybridized carbons (Fsp3) is 0.938. The van der Waals surface area contributed by atoms with Crippen molar-refractivity contribution in [3.05, 3.63) is 0 Å². The molecule has 2 aliphatic heterocycles. The molecule has 0 aromatic heterocycles. The molecule has 2 fully saturated rings. The van der Waals surface area contributed by atoms with Crippen LogP contribution in [0, 0.1) is 5.92 Å². The van der Waals surface area contributed by atoms with Gasteiger partial charge in [-0.05, 0) is 57.5 Å². The molecule has 1 N–H and O–H groups in total. The first-order chi connectivity index (χ1) is 10.8. The molecule has 0 spiro atoms. The van der Waals surface area contributed by atoms with Crippen LogP contribution >= 0.6 is 0 Å². The molecule has 2 rings (SSSR count). The summed E-state index contributed by atoms with van der Waals surface area (Å²) in [6.45, 7) is 4.04. The van der Waals surface area contributed by atoms with Gasteiger partial charge in [-0.1, -0.05) is 6.92 Å². The van der Waals surface area contributed by atoms with E-state index in [-0.39, 0.29) is 25.3 Å². The lowest BCUT2D eigenvalue weighted by molar-refractivity contribution is -0.223.